The molecule has 0 radical (unpaired) electrons. The number of aromatic hydroxyl groups is 1. The highest BCUT2D eigenvalue weighted by atomic mass is 16.5. The zero-order valence-corrected chi connectivity index (χ0v) is 11.3. The number of hydrogen-bond acceptors (Lipinski definition) is 5. The average Bonchev–Trinajstić information content (AvgIpc) is 2.49. The molecule has 0 saturated heterocycles. The predicted octanol–water partition coefficient (Wildman–Crippen LogP) is 2.86. The van der Waals surface area contributed by atoms with Gasteiger partial charge in [0.25, 0.3) is 0 Å². The van der Waals surface area contributed by atoms with Crippen molar-refractivity contribution in [3.8, 4) is 17.2 Å². The fourth-order valence-corrected chi connectivity index (χ4v) is 1.62. The molecule has 20 heavy (non-hydrogen) atoms. The van der Waals surface area contributed by atoms with Gasteiger partial charge >= 0.3 is 0 Å². The maximum absolute atomic E-state index is 9.49. The maximum atomic E-state index is 9.49. The summed E-state index contributed by atoms with van der Waals surface area (Å²) in [5, 5.41) is 13.6. The van der Waals surface area contributed by atoms with E-state index in [4.69, 9.17) is 9.47 Å². The molecule has 0 heterocycles. The van der Waals surface area contributed by atoms with Gasteiger partial charge in [-0.1, -0.05) is 0 Å². The van der Waals surface area contributed by atoms with E-state index < -0.39 is 0 Å². The van der Waals surface area contributed by atoms with Crippen LogP contribution in [0, 0.1) is 0 Å². The van der Waals surface area contributed by atoms with Crippen molar-refractivity contribution in [1.82, 2.24) is 0 Å². The van der Waals surface area contributed by atoms with Gasteiger partial charge in [-0.3, -0.25) is 5.43 Å². The second-order valence-electron chi connectivity index (χ2n) is 4.03. The van der Waals surface area contributed by atoms with E-state index in [1.165, 1.54) is 7.11 Å². The maximum Gasteiger partial charge on any atom is 0.161 e. The number of nitrogens with zero attached hydrogens (tertiary/aromatic N) is 1. The van der Waals surface area contributed by atoms with Crippen molar-refractivity contribution < 1.29 is 14.6 Å². The Hall–Kier alpha value is -2.69. The van der Waals surface area contributed by atoms with Crippen LogP contribution in [0.2, 0.25) is 0 Å². The standard InChI is InChI=1S/C15H16N2O3/c1-19-13-6-4-12(5-7-13)17-16-10-11-3-8-14(18)15(9-11)20-2/h3-10,17-18H,1-2H3/b16-10+. The summed E-state index contributed by atoms with van der Waals surface area (Å²) in [7, 11) is 3.13. The fraction of sp³-hybridized carbons (Fsp3) is 0.133. The van der Waals surface area contributed by atoms with Crippen LogP contribution in [0.1, 0.15) is 5.56 Å². The van der Waals surface area contributed by atoms with Crippen LogP contribution in [0.15, 0.2) is 47.6 Å². The molecular weight excluding hydrogens is 256 g/mol. The molecule has 2 aromatic rings. The van der Waals surface area contributed by atoms with Gasteiger partial charge in [0.15, 0.2) is 11.5 Å². The number of hydrazone groups is 1. The highest BCUT2D eigenvalue weighted by Gasteiger charge is 2.00. The zero-order valence-electron chi connectivity index (χ0n) is 11.3. The van der Waals surface area contributed by atoms with E-state index >= 15 is 0 Å². The Kier molecular flexibility index (Phi) is 4.44. The molecule has 0 atom stereocenters. The number of nitrogens with one attached hydrogen (secondary N) is 1. The molecule has 0 aliphatic heterocycles. The topological polar surface area (TPSA) is 63.1 Å². The van der Waals surface area contributed by atoms with Crippen LogP contribution in [-0.2, 0) is 0 Å². The zero-order chi connectivity index (χ0) is 14.4. The van der Waals surface area contributed by atoms with Crippen molar-refractivity contribution in [2.75, 3.05) is 19.6 Å². The highest BCUT2D eigenvalue weighted by Crippen LogP contribution is 2.25. The molecule has 2 N–H and O–H groups in total. The second-order valence-corrected chi connectivity index (χ2v) is 4.03. The first-order valence-corrected chi connectivity index (χ1v) is 6.03. The molecule has 0 fully saturated rings. The minimum Gasteiger partial charge on any atom is -0.504 e. The lowest BCUT2D eigenvalue weighted by Gasteiger charge is -2.04. The Labute approximate surface area is 117 Å². The number of hydrogen-bond donors (Lipinski definition) is 2. The molecule has 0 amide bonds. The summed E-state index contributed by atoms with van der Waals surface area (Å²) in [5.41, 5.74) is 4.58. The SMILES string of the molecule is COc1ccc(N/N=C/c2ccc(O)c(OC)c2)cc1. The lowest BCUT2D eigenvalue weighted by Crippen LogP contribution is -1.92. The Morgan fingerprint density at radius 2 is 1.80 bits per heavy atom. The number of anilines is 1. The molecule has 104 valence electrons. The number of phenols is 1. The van der Waals surface area contributed by atoms with Crippen LogP contribution in [-0.4, -0.2) is 25.5 Å². The van der Waals surface area contributed by atoms with Crippen molar-refractivity contribution >= 4 is 11.9 Å². The van der Waals surface area contributed by atoms with Crippen LogP contribution in [0.3, 0.4) is 0 Å². The summed E-state index contributed by atoms with van der Waals surface area (Å²) in [6, 6.07) is 12.4. The first kappa shape index (κ1) is 13.7. The van der Waals surface area contributed by atoms with Gasteiger partial charge in [-0.2, -0.15) is 5.10 Å². The summed E-state index contributed by atoms with van der Waals surface area (Å²) >= 11 is 0. The molecule has 0 unspecified atom stereocenters. The Balaban J connectivity index is 2.02. The van der Waals surface area contributed by atoms with Crippen molar-refractivity contribution in [3.05, 3.63) is 48.0 Å². The van der Waals surface area contributed by atoms with Crippen molar-refractivity contribution in [3.63, 3.8) is 0 Å². The molecule has 0 spiro atoms. The van der Waals surface area contributed by atoms with Crippen LogP contribution in [0.25, 0.3) is 0 Å². The van der Waals surface area contributed by atoms with Crippen LogP contribution >= 0.6 is 0 Å². The summed E-state index contributed by atoms with van der Waals surface area (Å²) in [4.78, 5) is 0. The first-order chi connectivity index (χ1) is 9.72. The van der Waals surface area contributed by atoms with Crippen LogP contribution < -0.4 is 14.9 Å². The van der Waals surface area contributed by atoms with Gasteiger partial charge in [-0.15, -0.1) is 0 Å². The van der Waals surface area contributed by atoms with E-state index in [1.54, 1.807) is 31.5 Å². The third-order valence-electron chi connectivity index (χ3n) is 2.70. The van der Waals surface area contributed by atoms with E-state index in [0.717, 1.165) is 17.0 Å². The highest BCUT2D eigenvalue weighted by molar-refractivity contribution is 5.81. The van der Waals surface area contributed by atoms with E-state index in [9.17, 15) is 5.11 Å². The smallest absolute Gasteiger partial charge is 0.161 e. The van der Waals surface area contributed by atoms with Crippen LogP contribution in [0.5, 0.6) is 17.2 Å². The van der Waals surface area contributed by atoms with Crippen molar-refractivity contribution in [1.29, 1.82) is 0 Å². The van der Waals surface area contributed by atoms with Crippen LogP contribution in [0.4, 0.5) is 5.69 Å². The number of methoxy groups -OCH3 is 2. The number of phenolic OH excluding ortho intramolecular Hbond substituents is 1. The van der Waals surface area contributed by atoms with Gasteiger partial charge in [-0.05, 0) is 48.0 Å². The van der Waals surface area contributed by atoms with Gasteiger partial charge in [-0.25, -0.2) is 0 Å². The minimum absolute atomic E-state index is 0.104. The number of ether oxygens (including phenoxy) is 2. The Bertz CT molecular complexity index is 595. The molecule has 5 heteroatoms. The lowest BCUT2D eigenvalue weighted by molar-refractivity contribution is 0.373. The Morgan fingerprint density at radius 3 is 2.45 bits per heavy atom. The molecular formula is C15H16N2O3. The molecule has 0 aliphatic carbocycles. The summed E-state index contributed by atoms with van der Waals surface area (Å²) in [6.45, 7) is 0. The summed E-state index contributed by atoms with van der Waals surface area (Å²) in [5.74, 6) is 1.31. The molecule has 5 nitrogen and oxygen atoms in total. The van der Waals surface area contributed by atoms with Gasteiger partial charge in [0.2, 0.25) is 0 Å². The first-order valence-electron chi connectivity index (χ1n) is 6.03. The number of benzene rings is 2. The van der Waals surface area contributed by atoms with Gasteiger partial charge < -0.3 is 14.6 Å². The average molecular weight is 272 g/mol. The van der Waals surface area contributed by atoms with Gasteiger partial charge in [0.05, 0.1) is 26.1 Å². The fourth-order valence-electron chi connectivity index (χ4n) is 1.62. The Morgan fingerprint density at radius 1 is 1.05 bits per heavy atom. The van der Waals surface area contributed by atoms with E-state index in [2.05, 4.69) is 10.5 Å². The normalized spacial score (nSPS) is 10.5. The third-order valence-corrected chi connectivity index (χ3v) is 2.70. The summed E-state index contributed by atoms with van der Waals surface area (Å²) in [6.07, 6.45) is 1.65. The van der Waals surface area contributed by atoms with Gasteiger partial charge in [0.1, 0.15) is 5.75 Å². The minimum atomic E-state index is 0.104. The van der Waals surface area contributed by atoms with Gasteiger partial charge in [0, 0.05) is 0 Å². The monoisotopic (exact) mass is 272 g/mol. The quantitative estimate of drug-likeness (QED) is 0.649. The van der Waals surface area contributed by atoms with Crippen molar-refractivity contribution in [2.45, 2.75) is 0 Å². The second kappa shape index (κ2) is 6.47. The third kappa shape index (κ3) is 3.41. The van der Waals surface area contributed by atoms with Crippen molar-refractivity contribution in [2.24, 2.45) is 5.10 Å². The van der Waals surface area contributed by atoms with E-state index in [0.29, 0.717) is 5.75 Å². The lowest BCUT2D eigenvalue weighted by atomic mass is 10.2. The molecule has 2 rings (SSSR count). The molecule has 0 saturated carbocycles. The van der Waals surface area contributed by atoms with E-state index in [-0.39, 0.29) is 5.75 Å². The van der Waals surface area contributed by atoms with E-state index in [1.807, 2.05) is 24.3 Å². The molecule has 0 bridgehead atoms. The summed E-state index contributed by atoms with van der Waals surface area (Å²) < 4.78 is 10.1. The molecule has 0 aromatic heterocycles. The molecule has 2 aromatic carbocycles. The largest absolute Gasteiger partial charge is 0.504 e. The molecule has 0 aliphatic rings. The number of rotatable bonds is 5. The predicted molar refractivity (Wildman–Crippen MR) is 78.9 cm³/mol.